The van der Waals surface area contributed by atoms with Gasteiger partial charge in [0, 0.05) is 29.4 Å². The Morgan fingerprint density at radius 3 is 2.10 bits per heavy atom. The molecule has 21 heavy (non-hydrogen) atoms. The molecule has 2 rings (SSSR count). The van der Waals surface area contributed by atoms with E-state index in [4.69, 9.17) is 9.47 Å². The quantitative estimate of drug-likeness (QED) is 0.752. The van der Waals surface area contributed by atoms with E-state index in [1.54, 1.807) is 18.2 Å². The fraction of sp³-hybridized carbons (Fsp3) is 0.133. The number of anilines is 1. The number of benzene rings is 2. The van der Waals surface area contributed by atoms with Gasteiger partial charge in [0.2, 0.25) is 0 Å². The van der Waals surface area contributed by atoms with E-state index in [0.29, 0.717) is 17.2 Å². The molecule has 0 fully saturated rings. The van der Waals surface area contributed by atoms with E-state index >= 15 is 0 Å². The van der Waals surface area contributed by atoms with Crippen molar-refractivity contribution in [3.05, 3.63) is 42.0 Å². The summed E-state index contributed by atoms with van der Waals surface area (Å²) in [5.41, 5.74) is 0.704. The van der Waals surface area contributed by atoms with Crippen LogP contribution in [0.25, 0.3) is 0 Å². The Bertz CT molecular complexity index is 647. The molecule has 0 radical (unpaired) electrons. The maximum absolute atomic E-state index is 12.1. The van der Waals surface area contributed by atoms with Gasteiger partial charge in [-0.3, -0.25) is 4.79 Å². The Hall–Kier alpha value is -2.89. The number of phenolic OH excluding ortho intramolecular Hbond substituents is 2. The summed E-state index contributed by atoms with van der Waals surface area (Å²) in [4.78, 5) is 12.1. The zero-order valence-corrected chi connectivity index (χ0v) is 11.6. The zero-order chi connectivity index (χ0) is 15.4. The van der Waals surface area contributed by atoms with Gasteiger partial charge in [-0.2, -0.15) is 0 Å². The molecule has 3 N–H and O–H groups in total. The van der Waals surface area contributed by atoms with Crippen molar-refractivity contribution in [2.24, 2.45) is 0 Å². The lowest BCUT2D eigenvalue weighted by atomic mass is 10.2. The highest BCUT2D eigenvalue weighted by atomic mass is 16.5. The molecule has 0 aliphatic heterocycles. The van der Waals surface area contributed by atoms with Gasteiger partial charge in [0.05, 0.1) is 14.2 Å². The molecule has 6 nitrogen and oxygen atoms in total. The number of amides is 1. The molecule has 6 heteroatoms. The topological polar surface area (TPSA) is 88.0 Å². The van der Waals surface area contributed by atoms with E-state index in [1.807, 2.05) is 0 Å². The Morgan fingerprint density at radius 2 is 1.57 bits per heavy atom. The summed E-state index contributed by atoms with van der Waals surface area (Å²) < 4.78 is 10.2. The van der Waals surface area contributed by atoms with Crippen molar-refractivity contribution in [3.63, 3.8) is 0 Å². The number of nitrogens with one attached hydrogen (secondary N) is 1. The number of hydrogen-bond acceptors (Lipinski definition) is 5. The van der Waals surface area contributed by atoms with Crippen LogP contribution in [0.2, 0.25) is 0 Å². The van der Waals surface area contributed by atoms with Crippen LogP contribution in [0.15, 0.2) is 36.4 Å². The van der Waals surface area contributed by atoms with Crippen LogP contribution in [0, 0.1) is 0 Å². The molecule has 0 saturated heterocycles. The third-order valence-electron chi connectivity index (χ3n) is 2.85. The molecule has 2 aromatic rings. The second kappa shape index (κ2) is 6.04. The molecule has 2 aromatic carbocycles. The number of methoxy groups -OCH3 is 2. The lowest BCUT2D eigenvalue weighted by Crippen LogP contribution is -2.11. The Balaban J connectivity index is 2.24. The third kappa shape index (κ3) is 3.36. The SMILES string of the molecule is COc1cc(NC(=O)c2ccc(O)c(O)c2)cc(OC)c1. The van der Waals surface area contributed by atoms with Crippen molar-refractivity contribution in [2.75, 3.05) is 19.5 Å². The zero-order valence-electron chi connectivity index (χ0n) is 11.6. The van der Waals surface area contributed by atoms with E-state index in [1.165, 1.54) is 32.4 Å². The largest absolute Gasteiger partial charge is 0.504 e. The number of phenols is 2. The normalized spacial score (nSPS) is 10.0. The minimum absolute atomic E-state index is 0.215. The molecule has 0 heterocycles. The maximum atomic E-state index is 12.1. The van der Waals surface area contributed by atoms with E-state index in [0.717, 1.165) is 0 Å². The summed E-state index contributed by atoms with van der Waals surface area (Å²) in [6.07, 6.45) is 0. The van der Waals surface area contributed by atoms with Crippen molar-refractivity contribution in [1.29, 1.82) is 0 Å². The Morgan fingerprint density at radius 1 is 0.952 bits per heavy atom. The average molecular weight is 289 g/mol. The molecule has 0 aliphatic carbocycles. The first kappa shape index (κ1) is 14.5. The summed E-state index contributed by atoms with van der Waals surface area (Å²) in [7, 11) is 3.02. The van der Waals surface area contributed by atoms with Crippen LogP contribution in [0.1, 0.15) is 10.4 Å². The molecule has 0 bridgehead atoms. The maximum Gasteiger partial charge on any atom is 0.255 e. The second-order valence-corrected chi connectivity index (χ2v) is 4.26. The number of rotatable bonds is 4. The van der Waals surface area contributed by atoms with Gasteiger partial charge >= 0.3 is 0 Å². The van der Waals surface area contributed by atoms with Crippen molar-refractivity contribution in [2.45, 2.75) is 0 Å². The van der Waals surface area contributed by atoms with Crippen molar-refractivity contribution in [3.8, 4) is 23.0 Å². The van der Waals surface area contributed by atoms with Gasteiger partial charge in [0.1, 0.15) is 11.5 Å². The van der Waals surface area contributed by atoms with Crippen molar-refractivity contribution in [1.82, 2.24) is 0 Å². The predicted octanol–water partition coefficient (Wildman–Crippen LogP) is 2.37. The van der Waals surface area contributed by atoms with E-state index in [-0.39, 0.29) is 17.1 Å². The molecule has 0 saturated carbocycles. The van der Waals surface area contributed by atoms with Crippen molar-refractivity contribution < 1.29 is 24.5 Å². The Labute approximate surface area is 121 Å². The van der Waals surface area contributed by atoms with Crippen LogP contribution in [-0.4, -0.2) is 30.3 Å². The van der Waals surface area contributed by atoms with E-state index in [9.17, 15) is 15.0 Å². The highest BCUT2D eigenvalue weighted by molar-refractivity contribution is 6.04. The standard InChI is InChI=1S/C15H15NO5/c1-20-11-6-10(7-12(8-11)21-2)16-15(19)9-3-4-13(17)14(18)5-9/h3-8,17-18H,1-2H3,(H,16,19). The summed E-state index contributed by atoms with van der Waals surface area (Å²) in [6.45, 7) is 0. The van der Waals surface area contributed by atoms with Gasteiger partial charge in [-0.05, 0) is 18.2 Å². The molecule has 0 aromatic heterocycles. The fourth-order valence-electron chi connectivity index (χ4n) is 1.75. The van der Waals surface area contributed by atoms with Gasteiger partial charge in [0.15, 0.2) is 11.5 Å². The van der Waals surface area contributed by atoms with Gasteiger partial charge in [-0.25, -0.2) is 0 Å². The van der Waals surface area contributed by atoms with Crippen LogP contribution in [0.4, 0.5) is 5.69 Å². The molecule has 0 aliphatic rings. The van der Waals surface area contributed by atoms with Crippen LogP contribution >= 0.6 is 0 Å². The number of ether oxygens (including phenoxy) is 2. The first-order valence-corrected chi connectivity index (χ1v) is 6.10. The average Bonchev–Trinajstić information content (AvgIpc) is 2.49. The van der Waals surface area contributed by atoms with Crippen LogP contribution in [-0.2, 0) is 0 Å². The monoisotopic (exact) mass is 289 g/mol. The molecule has 0 spiro atoms. The molecular weight excluding hydrogens is 274 g/mol. The second-order valence-electron chi connectivity index (χ2n) is 4.26. The number of carbonyl (C=O) groups is 1. The summed E-state index contributed by atoms with van der Waals surface area (Å²) >= 11 is 0. The molecule has 1 amide bonds. The first-order chi connectivity index (χ1) is 10.0. The minimum Gasteiger partial charge on any atom is -0.504 e. The van der Waals surface area contributed by atoms with Crippen molar-refractivity contribution >= 4 is 11.6 Å². The third-order valence-corrected chi connectivity index (χ3v) is 2.85. The lowest BCUT2D eigenvalue weighted by molar-refractivity contribution is 0.102. The van der Waals surface area contributed by atoms with Gasteiger partial charge in [-0.15, -0.1) is 0 Å². The smallest absolute Gasteiger partial charge is 0.255 e. The van der Waals surface area contributed by atoms with Crippen LogP contribution < -0.4 is 14.8 Å². The summed E-state index contributed by atoms with van der Waals surface area (Å²) in [5, 5.41) is 21.3. The van der Waals surface area contributed by atoms with E-state index < -0.39 is 5.91 Å². The first-order valence-electron chi connectivity index (χ1n) is 6.10. The lowest BCUT2D eigenvalue weighted by Gasteiger charge is -2.10. The van der Waals surface area contributed by atoms with Gasteiger partial charge < -0.3 is 25.0 Å². The molecule has 110 valence electrons. The molecule has 0 unspecified atom stereocenters. The minimum atomic E-state index is -0.430. The highest BCUT2D eigenvalue weighted by Gasteiger charge is 2.10. The molecular formula is C15H15NO5. The van der Waals surface area contributed by atoms with E-state index in [2.05, 4.69) is 5.32 Å². The van der Waals surface area contributed by atoms with Crippen LogP contribution in [0.5, 0.6) is 23.0 Å². The number of aromatic hydroxyl groups is 2. The van der Waals surface area contributed by atoms with Gasteiger partial charge in [-0.1, -0.05) is 0 Å². The molecule has 0 atom stereocenters. The van der Waals surface area contributed by atoms with Gasteiger partial charge in [0.25, 0.3) is 5.91 Å². The fourth-order valence-corrected chi connectivity index (χ4v) is 1.75. The van der Waals surface area contributed by atoms with Crippen LogP contribution in [0.3, 0.4) is 0 Å². The number of hydrogen-bond donors (Lipinski definition) is 3. The summed E-state index contributed by atoms with van der Waals surface area (Å²) in [6, 6.07) is 8.80. The number of carbonyl (C=O) groups excluding carboxylic acids is 1. The summed E-state index contributed by atoms with van der Waals surface area (Å²) in [5.74, 6) is 0.0116. The highest BCUT2D eigenvalue weighted by Crippen LogP contribution is 2.28. The predicted molar refractivity (Wildman–Crippen MR) is 77.3 cm³/mol. The Kier molecular flexibility index (Phi) is 4.18.